The van der Waals surface area contributed by atoms with E-state index in [1.807, 2.05) is 34.4 Å². The standard InChI is InChI=1S/C24H26ClN3OS/c1-15(2)22-20-10-6-12-27(20)23-19(18-9-3-4-11-21(18)30-23)14-28(22)24(29)26-17-8-5-7-16(25)13-17/h5-8,10,12-13,15,22H,3-4,9,11,14H2,1-2H3,(H,26,29). The number of aromatic nitrogens is 1. The third-order valence-corrected chi connectivity index (χ3v) is 7.76. The second kappa shape index (κ2) is 7.78. The number of amides is 2. The van der Waals surface area contributed by atoms with E-state index in [9.17, 15) is 4.79 Å². The van der Waals surface area contributed by atoms with Gasteiger partial charge in [-0.05, 0) is 67.5 Å². The Morgan fingerprint density at radius 1 is 1.17 bits per heavy atom. The predicted octanol–water partition coefficient (Wildman–Crippen LogP) is 6.82. The van der Waals surface area contributed by atoms with Gasteiger partial charge in [0.25, 0.3) is 0 Å². The summed E-state index contributed by atoms with van der Waals surface area (Å²) in [5, 5.41) is 5.00. The van der Waals surface area contributed by atoms with Crippen LogP contribution in [0.15, 0.2) is 42.6 Å². The molecule has 1 unspecified atom stereocenters. The van der Waals surface area contributed by atoms with Crippen molar-refractivity contribution < 1.29 is 4.79 Å². The molecule has 3 aromatic rings. The number of thiophene rings is 1. The second-order valence-electron chi connectivity index (χ2n) is 8.55. The quantitative estimate of drug-likeness (QED) is 0.467. The number of hydrogen-bond acceptors (Lipinski definition) is 2. The number of anilines is 1. The van der Waals surface area contributed by atoms with E-state index in [0.717, 1.165) is 18.5 Å². The highest BCUT2D eigenvalue weighted by Gasteiger charge is 2.36. The SMILES string of the molecule is CC(C)C1c2cccn2-c2sc3c(c2CN1C(=O)Nc1cccc(Cl)c1)CCCC3. The highest BCUT2D eigenvalue weighted by atomic mass is 35.5. The van der Waals surface area contributed by atoms with E-state index in [0.29, 0.717) is 11.6 Å². The van der Waals surface area contributed by atoms with Crippen LogP contribution >= 0.6 is 22.9 Å². The summed E-state index contributed by atoms with van der Waals surface area (Å²) in [5.41, 5.74) is 4.72. The minimum atomic E-state index is -0.0765. The number of carbonyl (C=O) groups excluding carboxylic acids is 1. The molecule has 0 fully saturated rings. The first kappa shape index (κ1) is 19.7. The molecule has 1 N–H and O–H groups in total. The van der Waals surface area contributed by atoms with Crippen LogP contribution in [0.1, 0.15) is 54.4 Å². The van der Waals surface area contributed by atoms with Crippen molar-refractivity contribution in [2.75, 3.05) is 5.32 Å². The van der Waals surface area contributed by atoms with E-state index in [-0.39, 0.29) is 18.0 Å². The van der Waals surface area contributed by atoms with Gasteiger partial charge in [0.05, 0.1) is 12.6 Å². The first-order valence-corrected chi connectivity index (χ1v) is 11.9. The Labute approximate surface area is 186 Å². The molecule has 0 saturated carbocycles. The van der Waals surface area contributed by atoms with Crippen molar-refractivity contribution in [3.8, 4) is 5.00 Å². The van der Waals surface area contributed by atoms with Gasteiger partial charge in [-0.2, -0.15) is 0 Å². The summed E-state index contributed by atoms with van der Waals surface area (Å²) in [6, 6.07) is 11.5. The largest absolute Gasteiger partial charge is 0.322 e. The Morgan fingerprint density at radius 3 is 2.80 bits per heavy atom. The van der Waals surface area contributed by atoms with Gasteiger partial charge in [0, 0.05) is 33.0 Å². The summed E-state index contributed by atoms with van der Waals surface area (Å²) in [5.74, 6) is 0.286. The highest BCUT2D eigenvalue weighted by Crippen LogP contribution is 2.44. The van der Waals surface area contributed by atoms with Crippen LogP contribution in [-0.4, -0.2) is 15.5 Å². The smallest absolute Gasteiger partial charge is 0.311 e. The Hall–Kier alpha value is -2.24. The maximum atomic E-state index is 13.5. The molecule has 0 bridgehead atoms. The lowest BCUT2D eigenvalue weighted by Gasteiger charge is -2.33. The monoisotopic (exact) mass is 439 g/mol. The summed E-state index contributed by atoms with van der Waals surface area (Å²) in [6.45, 7) is 5.02. The lowest BCUT2D eigenvalue weighted by atomic mass is 9.94. The zero-order valence-corrected chi connectivity index (χ0v) is 18.9. The van der Waals surface area contributed by atoms with Gasteiger partial charge in [-0.3, -0.25) is 0 Å². The minimum absolute atomic E-state index is 0.00183. The molecule has 5 rings (SSSR count). The van der Waals surface area contributed by atoms with Gasteiger partial charge in [-0.15, -0.1) is 11.3 Å². The average molecular weight is 440 g/mol. The molecular weight excluding hydrogens is 414 g/mol. The zero-order chi connectivity index (χ0) is 20.8. The third-order valence-electron chi connectivity index (χ3n) is 6.19. The van der Waals surface area contributed by atoms with Crippen LogP contribution in [0.25, 0.3) is 5.00 Å². The number of rotatable bonds is 2. The number of carbonyl (C=O) groups is 1. The maximum Gasteiger partial charge on any atom is 0.322 e. The molecule has 0 spiro atoms. The fraction of sp³-hybridized carbons (Fsp3) is 0.375. The van der Waals surface area contributed by atoms with Crippen molar-refractivity contribution in [1.82, 2.24) is 9.47 Å². The summed E-state index contributed by atoms with van der Waals surface area (Å²) in [7, 11) is 0. The molecule has 6 heteroatoms. The Morgan fingerprint density at radius 2 is 2.00 bits per heavy atom. The molecule has 0 saturated heterocycles. The predicted molar refractivity (Wildman–Crippen MR) is 124 cm³/mol. The van der Waals surface area contributed by atoms with E-state index < -0.39 is 0 Å². The number of nitrogens with zero attached hydrogens (tertiary/aromatic N) is 2. The van der Waals surface area contributed by atoms with Gasteiger partial charge >= 0.3 is 6.03 Å². The number of fused-ring (bicyclic) bond motifs is 5. The molecule has 1 aliphatic heterocycles. The van der Waals surface area contributed by atoms with Crippen molar-refractivity contribution in [3.63, 3.8) is 0 Å². The fourth-order valence-corrected chi connectivity index (χ4v) is 6.48. The molecular formula is C24H26ClN3OS. The second-order valence-corrected chi connectivity index (χ2v) is 10.1. The highest BCUT2D eigenvalue weighted by molar-refractivity contribution is 7.15. The first-order valence-electron chi connectivity index (χ1n) is 10.7. The van der Waals surface area contributed by atoms with Crippen molar-refractivity contribution in [2.24, 2.45) is 5.92 Å². The van der Waals surface area contributed by atoms with Gasteiger partial charge in [0.15, 0.2) is 0 Å². The van der Waals surface area contributed by atoms with Gasteiger partial charge in [0.1, 0.15) is 5.00 Å². The van der Waals surface area contributed by atoms with Crippen molar-refractivity contribution in [3.05, 3.63) is 69.3 Å². The summed E-state index contributed by atoms with van der Waals surface area (Å²) < 4.78 is 2.33. The zero-order valence-electron chi connectivity index (χ0n) is 17.3. The van der Waals surface area contributed by atoms with Crippen molar-refractivity contribution in [1.29, 1.82) is 0 Å². The van der Waals surface area contributed by atoms with E-state index in [2.05, 4.69) is 42.1 Å². The molecule has 1 atom stereocenters. The normalized spacial score (nSPS) is 17.9. The number of aryl methyl sites for hydroxylation is 1. The molecule has 30 heavy (non-hydrogen) atoms. The number of halogens is 1. The summed E-state index contributed by atoms with van der Waals surface area (Å²) in [4.78, 5) is 17.1. The molecule has 0 radical (unpaired) electrons. The van der Waals surface area contributed by atoms with Gasteiger partial charge < -0.3 is 14.8 Å². The number of nitrogens with one attached hydrogen (secondary N) is 1. The van der Waals surface area contributed by atoms with Crippen LogP contribution in [0, 0.1) is 5.92 Å². The summed E-state index contributed by atoms with van der Waals surface area (Å²) in [6.07, 6.45) is 6.93. The summed E-state index contributed by atoms with van der Waals surface area (Å²) >= 11 is 8.06. The Kier molecular flexibility index (Phi) is 5.11. The van der Waals surface area contributed by atoms with Crippen LogP contribution in [0.2, 0.25) is 5.02 Å². The first-order chi connectivity index (χ1) is 14.5. The van der Waals surface area contributed by atoms with Gasteiger partial charge in [-0.1, -0.05) is 31.5 Å². The van der Waals surface area contributed by atoms with Crippen molar-refractivity contribution >= 4 is 34.7 Å². The van der Waals surface area contributed by atoms with E-state index in [1.165, 1.54) is 39.5 Å². The van der Waals surface area contributed by atoms with Crippen LogP contribution in [-0.2, 0) is 19.4 Å². The molecule has 2 amide bonds. The lowest BCUT2D eigenvalue weighted by molar-refractivity contribution is 0.161. The number of benzene rings is 1. The number of hydrogen-bond donors (Lipinski definition) is 1. The third kappa shape index (κ3) is 3.34. The molecule has 2 aliphatic rings. The van der Waals surface area contributed by atoms with Crippen LogP contribution < -0.4 is 5.32 Å². The minimum Gasteiger partial charge on any atom is -0.311 e. The van der Waals surface area contributed by atoms with Gasteiger partial charge in [0.2, 0.25) is 0 Å². The average Bonchev–Trinajstić information content (AvgIpc) is 3.29. The Bertz CT molecular complexity index is 1100. The molecule has 2 aromatic heterocycles. The molecule has 1 aromatic carbocycles. The van der Waals surface area contributed by atoms with E-state index in [1.54, 1.807) is 6.07 Å². The van der Waals surface area contributed by atoms with E-state index in [4.69, 9.17) is 11.6 Å². The molecule has 3 heterocycles. The van der Waals surface area contributed by atoms with Crippen molar-refractivity contribution in [2.45, 2.75) is 52.1 Å². The molecule has 4 nitrogen and oxygen atoms in total. The number of urea groups is 1. The van der Waals surface area contributed by atoms with Gasteiger partial charge in [-0.25, -0.2) is 4.79 Å². The van der Waals surface area contributed by atoms with Crippen LogP contribution in [0.5, 0.6) is 0 Å². The topological polar surface area (TPSA) is 37.3 Å². The lowest BCUT2D eigenvalue weighted by Crippen LogP contribution is -2.39. The van der Waals surface area contributed by atoms with Crippen LogP contribution in [0.4, 0.5) is 10.5 Å². The molecule has 1 aliphatic carbocycles. The van der Waals surface area contributed by atoms with E-state index >= 15 is 0 Å². The van der Waals surface area contributed by atoms with Crippen LogP contribution in [0.3, 0.4) is 0 Å². The molecule has 156 valence electrons. The maximum absolute atomic E-state index is 13.5. The Balaban J connectivity index is 1.59. The fourth-order valence-electron chi connectivity index (χ4n) is 4.88.